The van der Waals surface area contributed by atoms with Crippen molar-refractivity contribution in [2.45, 2.75) is 0 Å². The molecule has 0 atom stereocenters. The molecule has 3 N–H and O–H groups in total. The van der Waals surface area contributed by atoms with Crippen LogP contribution in [0.3, 0.4) is 0 Å². The van der Waals surface area contributed by atoms with Crippen molar-refractivity contribution in [3.63, 3.8) is 0 Å². The van der Waals surface area contributed by atoms with E-state index in [1.165, 1.54) is 24.3 Å². The Labute approximate surface area is 90.6 Å². The number of benzene rings is 1. The Morgan fingerprint density at radius 2 is 1.81 bits per heavy atom. The van der Waals surface area contributed by atoms with Gasteiger partial charge in [0.15, 0.2) is 0 Å². The van der Waals surface area contributed by atoms with Gasteiger partial charge in [0.25, 0.3) is 5.91 Å². The monoisotopic (exact) mass is 224 g/mol. The van der Waals surface area contributed by atoms with Gasteiger partial charge in [0.2, 0.25) is 0 Å². The summed E-state index contributed by atoms with van der Waals surface area (Å²) in [5.41, 5.74) is 5.18. The van der Waals surface area contributed by atoms with Crippen LogP contribution >= 0.6 is 0 Å². The largest absolute Gasteiger partial charge is 0.478 e. The van der Waals surface area contributed by atoms with Crippen molar-refractivity contribution in [1.29, 1.82) is 0 Å². The van der Waals surface area contributed by atoms with Crippen LogP contribution in [0, 0.1) is 5.82 Å². The lowest BCUT2D eigenvalue weighted by molar-refractivity contribution is -0.131. The molecule has 0 saturated heterocycles. The van der Waals surface area contributed by atoms with E-state index in [1.807, 2.05) is 0 Å². The van der Waals surface area contributed by atoms with Gasteiger partial charge in [-0.3, -0.25) is 15.6 Å². The van der Waals surface area contributed by atoms with Gasteiger partial charge in [-0.15, -0.1) is 0 Å². The molecule has 1 amide bonds. The second kappa shape index (κ2) is 5.50. The van der Waals surface area contributed by atoms with Gasteiger partial charge in [-0.25, -0.2) is 9.18 Å². The molecule has 0 aromatic heterocycles. The molecular formula is C10H9FN2O3. The highest BCUT2D eigenvalue weighted by Gasteiger charge is 1.96. The molecule has 0 aliphatic heterocycles. The summed E-state index contributed by atoms with van der Waals surface area (Å²) < 4.78 is 12.5. The quantitative estimate of drug-likeness (QED) is 0.524. The van der Waals surface area contributed by atoms with Crippen LogP contribution in [-0.2, 0) is 9.59 Å². The fourth-order valence-corrected chi connectivity index (χ4v) is 0.856. The van der Waals surface area contributed by atoms with Crippen molar-refractivity contribution < 1.29 is 19.1 Å². The second-order valence-corrected chi connectivity index (χ2v) is 2.79. The molecule has 0 saturated carbocycles. The minimum atomic E-state index is -1.21. The van der Waals surface area contributed by atoms with E-state index in [0.717, 1.165) is 6.08 Å². The van der Waals surface area contributed by atoms with E-state index in [2.05, 4.69) is 10.9 Å². The Morgan fingerprint density at radius 3 is 2.38 bits per heavy atom. The fourth-order valence-electron chi connectivity index (χ4n) is 0.856. The first-order valence-corrected chi connectivity index (χ1v) is 4.30. The van der Waals surface area contributed by atoms with E-state index in [1.54, 1.807) is 0 Å². The van der Waals surface area contributed by atoms with Crippen LogP contribution in [0.2, 0.25) is 0 Å². The molecule has 0 heterocycles. The van der Waals surface area contributed by atoms with Gasteiger partial charge in [-0.2, -0.15) is 0 Å². The number of carbonyl (C=O) groups is 2. The molecule has 1 aromatic carbocycles. The van der Waals surface area contributed by atoms with Crippen LogP contribution in [0.1, 0.15) is 0 Å². The second-order valence-electron chi connectivity index (χ2n) is 2.79. The predicted molar refractivity (Wildman–Crippen MR) is 54.9 cm³/mol. The summed E-state index contributed by atoms with van der Waals surface area (Å²) in [6, 6.07) is 5.30. The maximum atomic E-state index is 12.5. The number of carbonyl (C=O) groups excluding carboxylic acids is 1. The van der Waals surface area contributed by atoms with Crippen molar-refractivity contribution in [2.24, 2.45) is 0 Å². The fraction of sp³-hybridized carbons (Fsp3) is 0. The lowest BCUT2D eigenvalue weighted by Gasteiger charge is -2.05. The van der Waals surface area contributed by atoms with Gasteiger partial charge in [0.1, 0.15) is 5.82 Å². The average Bonchev–Trinajstić information content (AvgIpc) is 2.25. The van der Waals surface area contributed by atoms with Crippen molar-refractivity contribution in [1.82, 2.24) is 5.43 Å². The summed E-state index contributed by atoms with van der Waals surface area (Å²) in [6.45, 7) is 0. The maximum absolute atomic E-state index is 12.5. The van der Waals surface area contributed by atoms with Crippen LogP contribution in [0.25, 0.3) is 0 Å². The lowest BCUT2D eigenvalue weighted by atomic mass is 10.3. The number of hydrazine groups is 1. The van der Waals surface area contributed by atoms with Crippen molar-refractivity contribution >= 4 is 17.6 Å². The molecule has 0 radical (unpaired) electrons. The number of carboxylic acid groups (broad SMARTS) is 1. The van der Waals surface area contributed by atoms with Crippen LogP contribution in [-0.4, -0.2) is 17.0 Å². The highest BCUT2D eigenvalue weighted by Crippen LogP contribution is 2.06. The highest BCUT2D eigenvalue weighted by atomic mass is 19.1. The zero-order chi connectivity index (χ0) is 12.0. The normalized spacial score (nSPS) is 10.1. The molecule has 1 aromatic rings. The van der Waals surface area contributed by atoms with Gasteiger partial charge in [-0.05, 0) is 24.3 Å². The number of carboxylic acids is 1. The predicted octanol–water partition coefficient (Wildman–Crippen LogP) is 0.910. The molecule has 0 fully saturated rings. The summed E-state index contributed by atoms with van der Waals surface area (Å²) in [5.74, 6) is -2.22. The number of amides is 1. The Hall–Kier alpha value is -2.37. The SMILES string of the molecule is O=C(O)/C=C/C(=O)NNc1ccc(F)cc1. The summed E-state index contributed by atoms with van der Waals surface area (Å²) in [5, 5.41) is 8.25. The third-order valence-corrected chi connectivity index (χ3v) is 1.55. The Balaban J connectivity index is 2.43. The molecule has 0 spiro atoms. The summed E-state index contributed by atoms with van der Waals surface area (Å²) in [6.07, 6.45) is 1.57. The molecule has 1 rings (SSSR count). The summed E-state index contributed by atoms with van der Waals surface area (Å²) in [7, 11) is 0. The number of hydrogen-bond acceptors (Lipinski definition) is 3. The molecular weight excluding hydrogens is 215 g/mol. The van der Waals surface area contributed by atoms with Gasteiger partial charge >= 0.3 is 5.97 Å². The molecule has 0 aliphatic carbocycles. The Bertz CT molecular complexity index is 415. The van der Waals surface area contributed by atoms with Crippen LogP contribution in [0.4, 0.5) is 10.1 Å². The minimum Gasteiger partial charge on any atom is -0.478 e. The van der Waals surface area contributed by atoms with Crippen LogP contribution < -0.4 is 10.9 Å². The first-order valence-electron chi connectivity index (χ1n) is 4.30. The summed E-state index contributed by atoms with van der Waals surface area (Å²) in [4.78, 5) is 21.1. The van der Waals surface area contributed by atoms with Crippen molar-refractivity contribution in [3.05, 3.63) is 42.2 Å². The van der Waals surface area contributed by atoms with E-state index < -0.39 is 11.9 Å². The molecule has 0 unspecified atom stereocenters. The molecule has 0 aliphatic rings. The number of rotatable bonds is 4. The Kier molecular flexibility index (Phi) is 4.02. The van der Waals surface area contributed by atoms with Crippen molar-refractivity contribution in [3.8, 4) is 0 Å². The van der Waals surface area contributed by atoms with E-state index in [0.29, 0.717) is 11.8 Å². The van der Waals surface area contributed by atoms with E-state index >= 15 is 0 Å². The topological polar surface area (TPSA) is 78.4 Å². The molecule has 16 heavy (non-hydrogen) atoms. The third kappa shape index (κ3) is 4.23. The lowest BCUT2D eigenvalue weighted by Crippen LogP contribution is -2.27. The number of anilines is 1. The smallest absolute Gasteiger partial charge is 0.328 e. The number of aliphatic carboxylic acids is 1. The van der Waals surface area contributed by atoms with Gasteiger partial charge in [0, 0.05) is 12.2 Å². The summed E-state index contributed by atoms with van der Waals surface area (Å²) >= 11 is 0. The third-order valence-electron chi connectivity index (χ3n) is 1.55. The minimum absolute atomic E-state index is 0.386. The standard InChI is InChI=1S/C10H9FN2O3/c11-7-1-3-8(4-2-7)12-13-9(14)5-6-10(15)16/h1-6,12H,(H,13,14)(H,15,16)/b6-5+. The van der Waals surface area contributed by atoms with E-state index in [-0.39, 0.29) is 5.82 Å². The van der Waals surface area contributed by atoms with Crippen LogP contribution in [0.5, 0.6) is 0 Å². The molecule has 84 valence electrons. The maximum Gasteiger partial charge on any atom is 0.328 e. The zero-order valence-corrected chi connectivity index (χ0v) is 8.11. The Morgan fingerprint density at radius 1 is 1.19 bits per heavy atom. The molecule has 6 heteroatoms. The van der Waals surface area contributed by atoms with E-state index in [9.17, 15) is 14.0 Å². The van der Waals surface area contributed by atoms with Crippen molar-refractivity contribution in [2.75, 3.05) is 5.43 Å². The van der Waals surface area contributed by atoms with Gasteiger partial charge in [-0.1, -0.05) is 0 Å². The first-order chi connectivity index (χ1) is 7.58. The van der Waals surface area contributed by atoms with Gasteiger partial charge < -0.3 is 5.11 Å². The van der Waals surface area contributed by atoms with Crippen LogP contribution in [0.15, 0.2) is 36.4 Å². The van der Waals surface area contributed by atoms with Gasteiger partial charge in [0.05, 0.1) is 5.69 Å². The number of nitrogens with one attached hydrogen (secondary N) is 2. The number of halogens is 1. The first kappa shape index (κ1) is 11.7. The zero-order valence-electron chi connectivity index (χ0n) is 8.11. The molecule has 5 nitrogen and oxygen atoms in total. The highest BCUT2D eigenvalue weighted by molar-refractivity contribution is 5.94. The number of hydrogen-bond donors (Lipinski definition) is 3. The molecule has 0 bridgehead atoms. The van der Waals surface area contributed by atoms with E-state index in [4.69, 9.17) is 5.11 Å². The average molecular weight is 224 g/mol.